The highest BCUT2D eigenvalue weighted by molar-refractivity contribution is 9.10. The van der Waals surface area contributed by atoms with Crippen LogP contribution < -0.4 is 5.73 Å². The van der Waals surface area contributed by atoms with Gasteiger partial charge in [-0.2, -0.15) is 0 Å². The summed E-state index contributed by atoms with van der Waals surface area (Å²) < 4.78 is 1.06. The molecule has 0 radical (unpaired) electrons. The van der Waals surface area contributed by atoms with Gasteiger partial charge in [0, 0.05) is 4.47 Å². The molecule has 0 aliphatic heterocycles. The highest BCUT2D eigenvalue weighted by Crippen LogP contribution is 2.34. The first-order valence-corrected chi connectivity index (χ1v) is 6.91. The maximum Gasteiger partial charge on any atom is 0.127 e. The zero-order valence-corrected chi connectivity index (χ0v) is 11.3. The summed E-state index contributed by atoms with van der Waals surface area (Å²) in [6, 6.07) is 6.08. The number of benzene rings is 1. The second-order valence-corrected chi connectivity index (χ2v) is 5.88. The first-order valence-electron chi connectivity index (χ1n) is 6.12. The Bertz CT molecular complexity index is 541. The number of aromatic amines is 1. The molecule has 0 saturated heterocycles. The second-order valence-electron chi connectivity index (χ2n) is 4.96. The van der Waals surface area contributed by atoms with Crippen molar-refractivity contribution in [3.8, 4) is 0 Å². The Kier molecular flexibility index (Phi) is 2.71. The summed E-state index contributed by atoms with van der Waals surface area (Å²) in [5.74, 6) is 0.949. The molecule has 0 spiro atoms. The third kappa shape index (κ3) is 2.00. The molecule has 3 rings (SSSR count). The number of fused-ring (bicyclic) bond motifs is 1. The molecule has 2 aromatic rings. The summed E-state index contributed by atoms with van der Waals surface area (Å²) >= 11 is 3.47. The number of halogens is 1. The van der Waals surface area contributed by atoms with Gasteiger partial charge in [0.25, 0.3) is 0 Å². The van der Waals surface area contributed by atoms with Crippen LogP contribution in [0.2, 0.25) is 0 Å². The molecule has 1 aromatic heterocycles. The van der Waals surface area contributed by atoms with Crippen LogP contribution in [0.15, 0.2) is 22.7 Å². The van der Waals surface area contributed by atoms with Gasteiger partial charge in [-0.05, 0) is 31.0 Å². The molecule has 90 valence electrons. The van der Waals surface area contributed by atoms with E-state index in [9.17, 15) is 0 Å². The van der Waals surface area contributed by atoms with E-state index >= 15 is 0 Å². The SMILES string of the molecule is NC1(c2nc3ccc(Br)cc3[nH]2)CCCCC1. The molecule has 3 N–H and O–H groups in total. The molecule has 0 unspecified atom stereocenters. The van der Waals surface area contributed by atoms with Crippen molar-refractivity contribution >= 4 is 27.0 Å². The average Bonchev–Trinajstić information content (AvgIpc) is 2.73. The standard InChI is InChI=1S/C13H16BrN3/c14-9-4-5-10-11(8-9)17-12(16-10)13(15)6-2-1-3-7-13/h4-5,8H,1-3,6-7,15H2,(H,16,17). The quantitative estimate of drug-likeness (QED) is 0.846. The molecular weight excluding hydrogens is 278 g/mol. The lowest BCUT2D eigenvalue weighted by Crippen LogP contribution is -2.39. The maximum absolute atomic E-state index is 6.48. The van der Waals surface area contributed by atoms with Crippen LogP contribution in [-0.2, 0) is 5.54 Å². The van der Waals surface area contributed by atoms with E-state index in [-0.39, 0.29) is 5.54 Å². The summed E-state index contributed by atoms with van der Waals surface area (Å²) in [7, 11) is 0. The smallest absolute Gasteiger partial charge is 0.127 e. The Morgan fingerprint density at radius 1 is 1.24 bits per heavy atom. The highest BCUT2D eigenvalue weighted by Gasteiger charge is 2.32. The minimum Gasteiger partial charge on any atom is -0.340 e. The molecule has 1 fully saturated rings. The fourth-order valence-corrected chi connectivity index (χ4v) is 3.00. The fraction of sp³-hybridized carbons (Fsp3) is 0.462. The molecule has 1 saturated carbocycles. The van der Waals surface area contributed by atoms with Crippen LogP contribution >= 0.6 is 15.9 Å². The number of hydrogen-bond donors (Lipinski definition) is 2. The largest absolute Gasteiger partial charge is 0.340 e. The molecule has 1 aliphatic rings. The summed E-state index contributed by atoms with van der Waals surface area (Å²) in [5.41, 5.74) is 8.29. The van der Waals surface area contributed by atoms with Crippen molar-refractivity contribution in [3.63, 3.8) is 0 Å². The van der Waals surface area contributed by atoms with Crippen LogP contribution in [0.5, 0.6) is 0 Å². The summed E-state index contributed by atoms with van der Waals surface area (Å²) in [6.07, 6.45) is 5.78. The lowest BCUT2D eigenvalue weighted by molar-refractivity contribution is 0.289. The summed E-state index contributed by atoms with van der Waals surface area (Å²) in [5, 5.41) is 0. The predicted octanol–water partition coefficient (Wildman–Crippen LogP) is 3.44. The molecule has 0 atom stereocenters. The molecule has 0 amide bonds. The van der Waals surface area contributed by atoms with E-state index in [0.29, 0.717) is 0 Å². The van der Waals surface area contributed by atoms with Crippen molar-refractivity contribution in [2.24, 2.45) is 5.73 Å². The van der Waals surface area contributed by atoms with E-state index in [1.807, 2.05) is 12.1 Å². The van der Waals surface area contributed by atoms with Crippen LogP contribution in [0.3, 0.4) is 0 Å². The minimum atomic E-state index is -0.246. The van der Waals surface area contributed by atoms with Crippen molar-refractivity contribution in [2.75, 3.05) is 0 Å². The fourth-order valence-electron chi connectivity index (χ4n) is 2.64. The van der Waals surface area contributed by atoms with Gasteiger partial charge in [0.15, 0.2) is 0 Å². The highest BCUT2D eigenvalue weighted by atomic mass is 79.9. The van der Waals surface area contributed by atoms with E-state index in [1.54, 1.807) is 0 Å². The lowest BCUT2D eigenvalue weighted by Gasteiger charge is -2.31. The number of rotatable bonds is 1. The Morgan fingerprint density at radius 2 is 2.00 bits per heavy atom. The van der Waals surface area contributed by atoms with E-state index in [1.165, 1.54) is 19.3 Å². The lowest BCUT2D eigenvalue weighted by atomic mass is 9.82. The van der Waals surface area contributed by atoms with Crippen LogP contribution in [0.4, 0.5) is 0 Å². The van der Waals surface area contributed by atoms with Gasteiger partial charge in [-0.1, -0.05) is 35.2 Å². The van der Waals surface area contributed by atoms with Gasteiger partial charge in [-0.25, -0.2) is 4.98 Å². The van der Waals surface area contributed by atoms with Crippen LogP contribution in [0.1, 0.15) is 37.9 Å². The number of imidazole rings is 1. The Morgan fingerprint density at radius 3 is 2.76 bits per heavy atom. The van der Waals surface area contributed by atoms with Crippen molar-refractivity contribution < 1.29 is 0 Å². The van der Waals surface area contributed by atoms with Gasteiger partial charge in [-0.15, -0.1) is 0 Å². The summed E-state index contributed by atoms with van der Waals surface area (Å²) in [6.45, 7) is 0. The summed E-state index contributed by atoms with van der Waals surface area (Å²) in [4.78, 5) is 8.03. The van der Waals surface area contributed by atoms with Crippen molar-refractivity contribution in [2.45, 2.75) is 37.6 Å². The van der Waals surface area contributed by atoms with Gasteiger partial charge in [-0.3, -0.25) is 0 Å². The van der Waals surface area contributed by atoms with Crippen molar-refractivity contribution in [1.82, 2.24) is 9.97 Å². The van der Waals surface area contributed by atoms with Gasteiger partial charge in [0.05, 0.1) is 16.6 Å². The van der Waals surface area contributed by atoms with Crippen LogP contribution in [0.25, 0.3) is 11.0 Å². The zero-order chi connectivity index (χ0) is 11.9. The number of nitrogens with zero attached hydrogens (tertiary/aromatic N) is 1. The molecule has 4 heteroatoms. The van der Waals surface area contributed by atoms with E-state index in [4.69, 9.17) is 5.73 Å². The number of nitrogens with one attached hydrogen (secondary N) is 1. The van der Waals surface area contributed by atoms with E-state index in [0.717, 1.165) is 34.2 Å². The van der Waals surface area contributed by atoms with Gasteiger partial charge in [0.1, 0.15) is 5.82 Å². The normalized spacial score (nSPS) is 19.6. The van der Waals surface area contributed by atoms with Crippen molar-refractivity contribution in [3.05, 3.63) is 28.5 Å². The van der Waals surface area contributed by atoms with Gasteiger partial charge in [0.2, 0.25) is 0 Å². The number of aromatic nitrogens is 2. The molecule has 3 nitrogen and oxygen atoms in total. The topological polar surface area (TPSA) is 54.7 Å². The minimum absolute atomic E-state index is 0.246. The monoisotopic (exact) mass is 293 g/mol. The van der Waals surface area contributed by atoms with Gasteiger partial charge < -0.3 is 10.7 Å². The second kappa shape index (κ2) is 4.10. The number of hydrogen-bond acceptors (Lipinski definition) is 2. The molecule has 17 heavy (non-hydrogen) atoms. The predicted molar refractivity (Wildman–Crippen MR) is 72.7 cm³/mol. The Labute approximate surface area is 109 Å². The first kappa shape index (κ1) is 11.2. The van der Waals surface area contributed by atoms with Crippen LogP contribution in [0, 0.1) is 0 Å². The zero-order valence-electron chi connectivity index (χ0n) is 9.67. The van der Waals surface area contributed by atoms with Crippen molar-refractivity contribution in [1.29, 1.82) is 0 Å². The van der Waals surface area contributed by atoms with E-state index in [2.05, 4.69) is 32.0 Å². The third-order valence-electron chi connectivity index (χ3n) is 3.66. The number of H-pyrrole nitrogens is 1. The Balaban J connectivity index is 2.05. The molecule has 1 heterocycles. The van der Waals surface area contributed by atoms with E-state index < -0.39 is 0 Å². The average molecular weight is 294 g/mol. The number of nitrogens with two attached hydrogens (primary N) is 1. The first-order chi connectivity index (χ1) is 8.17. The molecule has 1 aliphatic carbocycles. The Hall–Kier alpha value is -0.870. The molecule has 0 bridgehead atoms. The van der Waals surface area contributed by atoms with Gasteiger partial charge >= 0.3 is 0 Å². The third-order valence-corrected chi connectivity index (χ3v) is 4.15. The molecule has 1 aromatic carbocycles. The van der Waals surface area contributed by atoms with Crippen LogP contribution in [-0.4, -0.2) is 9.97 Å². The maximum atomic E-state index is 6.48. The molecular formula is C13H16BrN3.